The maximum atomic E-state index is 10.8. The van der Waals surface area contributed by atoms with E-state index in [0.717, 1.165) is 41.4 Å². The van der Waals surface area contributed by atoms with Crippen molar-refractivity contribution in [3.05, 3.63) is 102 Å². The van der Waals surface area contributed by atoms with Crippen LogP contribution in [0, 0.1) is 0 Å². The molecule has 4 rings (SSSR count). The van der Waals surface area contributed by atoms with E-state index in [1.165, 1.54) is 5.56 Å². The van der Waals surface area contributed by atoms with Crippen LogP contribution in [0.5, 0.6) is 5.75 Å². The minimum absolute atomic E-state index is 0.236. The predicted octanol–water partition coefficient (Wildman–Crippen LogP) is 5.63. The molecule has 6 nitrogen and oxygen atoms in total. The topological polar surface area (TPSA) is 62.0 Å². The van der Waals surface area contributed by atoms with Crippen LogP contribution in [-0.2, 0) is 13.1 Å². The maximum absolute atomic E-state index is 10.8. The zero-order chi connectivity index (χ0) is 25.2. The van der Waals surface area contributed by atoms with Gasteiger partial charge in [0.1, 0.15) is 24.2 Å². The standard InChI is InChI=1S/C30H35N3O3/c1-3-19-33(21-26(34)23-35-27-17-11-6-12-18-27)22-28-29(25-15-9-5-10-16-25)31-36-30(28)32(2)20-24-13-7-4-8-14-24/h4-18,26,34H,3,19-23H2,1-2H3. The Labute approximate surface area is 213 Å². The third-order valence-electron chi connectivity index (χ3n) is 6.00. The summed E-state index contributed by atoms with van der Waals surface area (Å²) in [5, 5.41) is 15.3. The van der Waals surface area contributed by atoms with Gasteiger partial charge in [-0.15, -0.1) is 0 Å². The highest BCUT2D eigenvalue weighted by Gasteiger charge is 2.24. The molecule has 0 bridgehead atoms. The third kappa shape index (κ3) is 6.97. The van der Waals surface area contributed by atoms with E-state index in [4.69, 9.17) is 9.26 Å². The molecule has 6 heteroatoms. The number of aliphatic hydroxyl groups is 1. The quantitative estimate of drug-likeness (QED) is 0.265. The van der Waals surface area contributed by atoms with Gasteiger partial charge in [-0.2, -0.15) is 0 Å². The van der Waals surface area contributed by atoms with Gasteiger partial charge in [0.25, 0.3) is 0 Å². The monoisotopic (exact) mass is 485 g/mol. The van der Waals surface area contributed by atoms with Gasteiger partial charge < -0.3 is 19.3 Å². The summed E-state index contributed by atoms with van der Waals surface area (Å²) < 4.78 is 11.7. The number of nitrogens with zero attached hydrogens (tertiary/aromatic N) is 3. The summed E-state index contributed by atoms with van der Waals surface area (Å²) >= 11 is 0. The normalized spacial score (nSPS) is 12.0. The molecule has 1 heterocycles. The Balaban J connectivity index is 1.54. The number of benzene rings is 3. The first-order chi connectivity index (χ1) is 17.6. The fourth-order valence-corrected chi connectivity index (χ4v) is 4.33. The van der Waals surface area contributed by atoms with E-state index in [2.05, 4.69) is 46.1 Å². The summed E-state index contributed by atoms with van der Waals surface area (Å²) in [5.41, 5.74) is 4.06. The summed E-state index contributed by atoms with van der Waals surface area (Å²) in [6.45, 7) is 5.02. The van der Waals surface area contributed by atoms with E-state index in [9.17, 15) is 5.11 Å². The van der Waals surface area contributed by atoms with Crippen LogP contribution in [0.3, 0.4) is 0 Å². The summed E-state index contributed by atoms with van der Waals surface area (Å²) in [6.07, 6.45) is 0.343. The van der Waals surface area contributed by atoms with Crippen LogP contribution in [0.4, 0.5) is 5.88 Å². The Morgan fingerprint density at radius 2 is 1.53 bits per heavy atom. The lowest BCUT2D eigenvalue weighted by atomic mass is 10.1. The lowest BCUT2D eigenvalue weighted by Gasteiger charge is -2.26. The van der Waals surface area contributed by atoms with Crippen LogP contribution >= 0.6 is 0 Å². The zero-order valence-corrected chi connectivity index (χ0v) is 21.1. The van der Waals surface area contributed by atoms with E-state index < -0.39 is 6.10 Å². The van der Waals surface area contributed by atoms with Crippen LogP contribution in [0.25, 0.3) is 11.3 Å². The van der Waals surface area contributed by atoms with Crippen molar-refractivity contribution in [1.82, 2.24) is 10.1 Å². The molecule has 0 aliphatic rings. The number of hydrogen-bond donors (Lipinski definition) is 1. The first-order valence-electron chi connectivity index (χ1n) is 12.5. The number of aliphatic hydroxyl groups excluding tert-OH is 1. The minimum atomic E-state index is -0.623. The smallest absolute Gasteiger partial charge is 0.232 e. The summed E-state index contributed by atoms with van der Waals surface area (Å²) in [5.74, 6) is 1.50. The first kappa shape index (κ1) is 25.5. The average Bonchev–Trinajstić information content (AvgIpc) is 3.33. The lowest BCUT2D eigenvalue weighted by Crippen LogP contribution is -2.36. The second-order valence-corrected chi connectivity index (χ2v) is 9.04. The van der Waals surface area contributed by atoms with E-state index in [-0.39, 0.29) is 6.61 Å². The van der Waals surface area contributed by atoms with E-state index in [1.54, 1.807) is 0 Å². The Hall–Kier alpha value is -3.61. The van der Waals surface area contributed by atoms with Crippen molar-refractivity contribution in [2.24, 2.45) is 0 Å². The van der Waals surface area contributed by atoms with E-state index >= 15 is 0 Å². The van der Waals surface area contributed by atoms with Gasteiger partial charge in [0.05, 0.1) is 5.56 Å². The lowest BCUT2D eigenvalue weighted by molar-refractivity contribution is 0.0656. The molecule has 1 atom stereocenters. The molecule has 0 aliphatic carbocycles. The molecular weight excluding hydrogens is 450 g/mol. The van der Waals surface area contributed by atoms with Crippen LogP contribution < -0.4 is 9.64 Å². The van der Waals surface area contributed by atoms with Gasteiger partial charge in [-0.25, -0.2) is 0 Å². The van der Waals surface area contributed by atoms with Gasteiger partial charge in [-0.1, -0.05) is 90.9 Å². The fraction of sp³-hybridized carbons (Fsp3) is 0.300. The molecule has 0 spiro atoms. The van der Waals surface area contributed by atoms with Crippen LogP contribution in [0.2, 0.25) is 0 Å². The van der Waals surface area contributed by atoms with Crippen molar-refractivity contribution in [1.29, 1.82) is 0 Å². The number of rotatable bonds is 13. The van der Waals surface area contributed by atoms with Crippen molar-refractivity contribution < 1.29 is 14.4 Å². The van der Waals surface area contributed by atoms with Crippen molar-refractivity contribution >= 4 is 5.88 Å². The number of hydrogen-bond acceptors (Lipinski definition) is 6. The molecule has 3 aromatic carbocycles. The van der Waals surface area contributed by atoms with Gasteiger partial charge in [0, 0.05) is 32.2 Å². The SMILES string of the molecule is CCCN(Cc1c(-c2ccccc2)noc1N(C)Cc1ccccc1)CC(O)COc1ccccc1. The van der Waals surface area contributed by atoms with Crippen molar-refractivity contribution in [3.8, 4) is 17.0 Å². The van der Waals surface area contributed by atoms with Crippen molar-refractivity contribution in [2.45, 2.75) is 32.5 Å². The number of aromatic nitrogens is 1. The molecule has 4 aromatic rings. The van der Waals surface area contributed by atoms with Gasteiger partial charge in [0.2, 0.25) is 5.88 Å². The Bertz CT molecular complexity index is 1170. The number of anilines is 1. The highest BCUT2D eigenvalue weighted by molar-refractivity contribution is 5.68. The van der Waals surface area contributed by atoms with Crippen molar-refractivity contribution in [3.63, 3.8) is 0 Å². The first-order valence-corrected chi connectivity index (χ1v) is 12.5. The molecule has 0 aliphatic heterocycles. The second kappa shape index (κ2) is 12.9. The van der Waals surface area contributed by atoms with Crippen molar-refractivity contribution in [2.75, 3.05) is 31.6 Å². The molecule has 36 heavy (non-hydrogen) atoms. The summed E-state index contributed by atoms with van der Waals surface area (Å²) in [4.78, 5) is 4.35. The van der Waals surface area contributed by atoms with Crippen LogP contribution in [0.15, 0.2) is 95.5 Å². The summed E-state index contributed by atoms with van der Waals surface area (Å²) in [7, 11) is 2.03. The Kier molecular flexibility index (Phi) is 9.14. The number of para-hydroxylation sites is 1. The largest absolute Gasteiger partial charge is 0.491 e. The van der Waals surface area contributed by atoms with Gasteiger partial charge in [-0.05, 0) is 30.7 Å². The van der Waals surface area contributed by atoms with Gasteiger partial charge >= 0.3 is 0 Å². The average molecular weight is 486 g/mol. The molecule has 0 fully saturated rings. The molecular formula is C30H35N3O3. The number of ether oxygens (including phenoxy) is 1. The molecule has 0 saturated carbocycles. The molecule has 0 radical (unpaired) electrons. The zero-order valence-electron chi connectivity index (χ0n) is 21.1. The highest BCUT2D eigenvalue weighted by atomic mass is 16.5. The molecule has 0 saturated heterocycles. The predicted molar refractivity (Wildman–Crippen MR) is 144 cm³/mol. The minimum Gasteiger partial charge on any atom is -0.491 e. The molecule has 1 aromatic heterocycles. The van der Waals surface area contributed by atoms with Gasteiger partial charge in [0.15, 0.2) is 0 Å². The second-order valence-electron chi connectivity index (χ2n) is 9.04. The fourth-order valence-electron chi connectivity index (χ4n) is 4.33. The Morgan fingerprint density at radius 1 is 0.889 bits per heavy atom. The Morgan fingerprint density at radius 3 is 2.19 bits per heavy atom. The molecule has 0 amide bonds. The summed E-state index contributed by atoms with van der Waals surface area (Å²) in [6, 6.07) is 30.0. The maximum Gasteiger partial charge on any atom is 0.232 e. The molecule has 1 unspecified atom stereocenters. The van der Waals surface area contributed by atoms with Crippen LogP contribution in [-0.4, -0.2) is 48.0 Å². The third-order valence-corrected chi connectivity index (χ3v) is 6.00. The van der Waals surface area contributed by atoms with Gasteiger partial charge in [-0.3, -0.25) is 4.90 Å². The van der Waals surface area contributed by atoms with E-state index in [1.807, 2.05) is 73.8 Å². The van der Waals surface area contributed by atoms with Crippen LogP contribution in [0.1, 0.15) is 24.5 Å². The highest BCUT2D eigenvalue weighted by Crippen LogP contribution is 2.32. The van der Waals surface area contributed by atoms with E-state index in [0.29, 0.717) is 19.6 Å². The molecule has 1 N–H and O–H groups in total. The molecule has 188 valence electrons.